The summed E-state index contributed by atoms with van der Waals surface area (Å²) in [5.74, 6) is 3.90. The normalized spacial score (nSPS) is 9.75. The maximum atomic E-state index is 8.60. The Bertz CT molecular complexity index is 32.3. The summed E-state index contributed by atoms with van der Waals surface area (Å²) in [6.45, 7) is 0. The van der Waals surface area contributed by atoms with E-state index in [1.807, 2.05) is 0 Å². The highest BCUT2D eigenvalue weighted by Gasteiger charge is 1.98. The van der Waals surface area contributed by atoms with E-state index >= 15 is 0 Å². The van der Waals surface area contributed by atoms with E-state index in [1.165, 1.54) is 0 Å². The molecule has 0 aliphatic carbocycles. The van der Waals surface area contributed by atoms with Crippen molar-refractivity contribution in [1.82, 2.24) is 0 Å². The largest absolute Gasteiger partial charge is 0.233 e. The number of rotatable bonds is 0. The van der Waals surface area contributed by atoms with Gasteiger partial charge in [0.15, 0.2) is 0 Å². The molecule has 0 amide bonds. The molecule has 4 N–H and O–H groups in total. The van der Waals surface area contributed by atoms with Gasteiger partial charge in [0.05, 0.1) is 14.9 Å². The molecule has 0 unspecified atom stereocenters. The van der Waals surface area contributed by atoms with E-state index in [-0.39, 0.29) is 0 Å². The molecule has 0 fully saturated rings. The quantitative estimate of drug-likeness (QED) is 0.231. The van der Waals surface area contributed by atoms with Crippen molar-refractivity contribution >= 4 is 0 Å². The molecule has 7 nitrogen and oxygen atoms in total. The van der Waals surface area contributed by atoms with Crippen LogP contribution in [0.5, 0.6) is 0 Å². The number of hydrogen-bond donors (Lipinski definition) is 3. The van der Waals surface area contributed by atoms with Crippen LogP contribution < -0.4 is 19.9 Å². The first kappa shape index (κ1) is 10.9. The third-order valence-electron chi connectivity index (χ3n) is 0. The fourth-order valence-electron chi connectivity index (χ4n) is 0. The van der Waals surface area contributed by atoms with Gasteiger partial charge >= 0.3 is 0 Å². The molecule has 0 saturated carbocycles. The van der Waals surface area contributed by atoms with Crippen LogP contribution in [0.15, 0.2) is 0 Å². The van der Waals surface area contributed by atoms with Gasteiger partial charge in [-0.15, -0.1) is 4.99 Å². The molecule has 0 atom stereocenters. The highest BCUT2D eigenvalue weighted by atomic mass is 35.7. The van der Waals surface area contributed by atoms with E-state index in [4.69, 9.17) is 23.9 Å². The van der Waals surface area contributed by atoms with Gasteiger partial charge in [0, 0.05) is 0 Å². The molecule has 0 aromatic heterocycles. The number of hydrogen-bond acceptors (Lipinski definition) is 7. The Morgan fingerprint density at radius 3 is 1.38 bits per heavy atom. The van der Waals surface area contributed by atoms with Crippen molar-refractivity contribution in [2.24, 2.45) is 5.90 Å². The summed E-state index contributed by atoms with van der Waals surface area (Å²) in [6, 6.07) is 0. The summed E-state index contributed by atoms with van der Waals surface area (Å²) in [6.07, 6.45) is 0. The van der Waals surface area contributed by atoms with Crippen LogP contribution in [0.25, 0.3) is 0 Å². The Labute approximate surface area is 46.1 Å². The van der Waals surface area contributed by atoms with Crippen molar-refractivity contribution in [3.05, 3.63) is 0 Å². The summed E-state index contributed by atoms with van der Waals surface area (Å²) in [7, 11) is -4.69. The second kappa shape index (κ2) is 5.15. The van der Waals surface area contributed by atoms with Crippen molar-refractivity contribution < 1.29 is 39.1 Å². The molecule has 0 bridgehead atoms. The van der Waals surface area contributed by atoms with Crippen molar-refractivity contribution in [3.63, 3.8) is 0 Å². The van der Waals surface area contributed by atoms with E-state index in [1.54, 1.807) is 0 Å². The Balaban J connectivity index is 0. The Morgan fingerprint density at radius 2 is 1.38 bits per heavy atom. The predicted octanol–water partition coefficient (Wildman–Crippen LogP) is -4.77. The highest BCUT2D eigenvalue weighted by molar-refractivity contribution is 2.97. The molecule has 0 heterocycles. The maximum Gasteiger partial charge on any atom is 0.0777 e. The third kappa shape index (κ3) is 1510000. The van der Waals surface area contributed by atoms with E-state index in [9.17, 15) is 0 Å². The molecule has 0 aliphatic heterocycles. The molecule has 0 aromatic carbocycles. The molecule has 8 heavy (non-hydrogen) atoms. The van der Waals surface area contributed by atoms with Gasteiger partial charge in [-0.1, -0.05) is 0 Å². The molecule has 52 valence electrons. The van der Waals surface area contributed by atoms with Gasteiger partial charge in [0.1, 0.15) is 0 Å². The number of nitrogens with two attached hydrogens (primary N) is 1. The van der Waals surface area contributed by atoms with Crippen LogP contribution in [-0.4, -0.2) is 9.92 Å². The first-order valence-electron chi connectivity index (χ1n) is 1.05. The molecule has 0 radical (unpaired) electrons. The van der Waals surface area contributed by atoms with Crippen molar-refractivity contribution in [2.45, 2.75) is 0 Å². The van der Waals surface area contributed by atoms with E-state index < -0.39 is 10.2 Å². The summed E-state index contributed by atoms with van der Waals surface area (Å²) >= 11 is 0. The van der Waals surface area contributed by atoms with Gasteiger partial charge in [0.25, 0.3) is 0 Å². The smallest absolute Gasteiger partial charge is 0.0777 e. The Morgan fingerprint density at radius 1 is 1.38 bits per heavy atom. The van der Waals surface area contributed by atoms with Gasteiger partial charge in [0.2, 0.25) is 0 Å². The molecule has 8 heteroatoms. The minimum Gasteiger partial charge on any atom is -0.233 e. The molecule has 0 aliphatic rings. The standard InChI is InChI=1S/ClHO4.H3NO2/c2-1(3,4)5;1-3-2/h(H,2,3,4,5);2H,1H2. The molecular formula is H4ClNO6. The molecule has 0 rings (SSSR count). The van der Waals surface area contributed by atoms with Gasteiger partial charge in [-0.2, -0.15) is 19.9 Å². The van der Waals surface area contributed by atoms with E-state index in [0.717, 1.165) is 0 Å². The lowest BCUT2D eigenvalue weighted by molar-refractivity contribution is -1.92. The topological polar surface area (TPSA) is 145 Å². The van der Waals surface area contributed by atoms with Crippen LogP contribution in [0.2, 0.25) is 0 Å². The van der Waals surface area contributed by atoms with Crippen molar-refractivity contribution in [3.8, 4) is 0 Å². The van der Waals surface area contributed by atoms with Gasteiger partial charge < -0.3 is 0 Å². The average molecular weight is 149 g/mol. The fraction of sp³-hybridized carbons (Fsp3) is 0. The lowest BCUT2D eigenvalue weighted by Gasteiger charge is -2.03. The van der Waals surface area contributed by atoms with Crippen LogP contribution in [0.4, 0.5) is 0 Å². The zero-order chi connectivity index (χ0) is 7.21. The molecule has 0 saturated heterocycles. The van der Waals surface area contributed by atoms with E-state index in [2.05, 4.69) is 10.9 Å². The van der Waals surface area contributed by atoms with Gasteiger partial charge in [-0.25, -0.2) is 5.26 Å². The SMILES string of the molecule is NOO.[O-][Cl+3]([O-])([O-])O. The van der Waals surface area contributed by atoms with Gasteiger partial charge in [-0.05, 0) is 0 Å². The van der Waals surface area contributed by atoms with Gasteiger partial charge in [-0.3, -0.25) is 0 Å². The zero-order valence-corrected chi connectivity index (χ0v) is 4.24. The Hall–Kier alpha value is 0.01000. The highest BCUT2D eigenvalue weighted by Crippen LogP contribution is 1.60. The fourth-order valence-corrected chi connectivity index (χ4v) is 0. The average Bonchev–Trinajstić information content (AvgIpc) is 1.27. The summed E-state index contributed by atoms with van der Waals surface area (Å²) in [4.78, 5) is 2.75. The Kier molecular flexibility index (Phi) is 7.02. The monoisotopic (exact) mass is 149 g/mol. The predicted molar refractivity (Wildman–Crippen MR) is 10.1 cm³/mol. The third-order valence-corrected chi connectivity index (χ3v) is 0. The van der Waals surface area contributed by atoms with Crippen molar-refractivity contribution in [1.29, 1.82) is 0 Å². The molecular weight excluding hydrogens is 145 g/mol. The van der Waals surface area contributed by atoms with E-state index in [0.29, 0.717) is 0 Å². The lowest BCUT2D eigenvalue weighted by Crippen LogP contribution is -2.58. The lowest BCUT2D eigenvalue weighted by atomic mass is 13.5. The van der Waals surface area contributed by atoms with Crippen LogP contribution >= 0.6 is 0 Å². The minimum absolute atomic E-state index is 2.75. The molecule has 0 aromatic rings. The number of halogens is 1. The van der Waals surface area contributed by atoms with Crippen LogP contribution in [0, 0.1) is 10.2 Å². The molecule has 0 spiro atoms. The van der Waals surface area contributed by atoms with Crippen LogP contribution in [-0.2, 0) is 4.99 Å². The second-order valence-electron chi connectivity index (χ2n) is 0.501. The first-order chi connectivity index (χ1) is 3.41. The summed E-state index contributed by atoms with van der Waals surface area (Å²) < 4.78 is 32.7. The zero-order valence-electron chi connectivity index (χ0n) is 3.48. The second-order valence-corrected chi connectivity index (χ2v) is 1.29. The summed E-state index contributed by atoms with van der Waals surface area (Å²) in [5.41, 5.74) is 0. The van der Waals surface area contributed by atoms with Crippen LogP contribution in [0.1, 0.15) is 0 Å². The maximum absolute atomic E-state index is 8.60. The summed E-state index contributed by atoms with van der Waals surface area (Å²) in [5, 5.41) is 6.85. The van der Waals surface area contributed by atoms with Crippen molar-refractivity contribution in [2.75, 3.05) is 0 Å². The first-order valence-corrected chi connectivity index (χ1v) is 2.31. The minimum atomic E-state index is -4.69. The van der Waals surface area contributed by atoms with Crippen LogP contribution in [0.3, 0.4) is 0 Å².